The Hall–Kier alpha value is -2.70. The van der Waals surface area contributed by atoms with E-state index in [1.807, 2.05) is 18.2 Å². The molecule has 0 saturated carbocycles. The lowest BCUT2D eigenvalue weighted by Crippen LogP contribution is -2.18. The highest BCUT2D eigenvalue weighted by Gasteiger charge is 2.20. The highest BCUT2D eigenvalue weighted by atomic mass is 15.6. The highest BCUT2D eigenvalue weighted by Crippen LogP contribution is 2.33. The number of hydrogen-bond donors (Lipinski definition) is 2. The molecular formula is C14H15N7. The van der Waals surface area contributed by atoms with Crippen molar-refractivity contribution in [3.8, 4) is 0 Å². The Kier molecular flexibility index (Phi) is 2.70. The molecule has 106 valence electrons. The number of aryl methyl sites for hydroxylation is 1. The summed E-state index contributed by atoms with van der Waals surface area (Å²) in [5, 5.41) is 19.1. The van der Waals surface area contributed by atoms with Crippen LogP contribution in [0.25, 0.3) is 5.65 Å². The number of tetrazole rings is 1. The van der Waals surface area contributed by atoms with Gasteiger partial charge in [0.05, 0.1) is 6.04 Å². The molecule has 2 heterocycles. The average molecular weight is 281 g/mol. The first kappa shape index (κ1) is 12.1. The summed E-state index contributed by atoms with van der Waals surface area (Å²) in [6.07, 6.45) is 3.30. The molecule has 0 fully saturated rings. The van der Waals surface area contributed by atoms with Gasteiger partial charge in [-0.2, -0.15) is 0 Å². The summed E-state index contributed by atoms with van der Waals surface area (Å²) in [7, 11) is 0. The first-order valence-corrected chi connectivity index (χ1v) is 7.00. The molecule has 1 aromatic carbocycles. The molecule has 4 rings (SSSR count). The minimum absolute atomic E-state index is 0.246. The van der Waals surface area contributed by atoms with Crippen LogP contribution in [0.2, 0.25) is 0 Å². The van der Waals surface area contributed by atoms with Crippen LogP contribution in [0.15, 0.2) is 30.3 Å². The molecule has 1 unspecified atom stereocenters. The lowest BCUT2D eigenvalue weighted by Gasteiger charge is -2.27. The fraction of sp³-hybridized carbons (Fsp3) is 0.286. The van der Waals surface area contributed by atoms with Crippen LogP contribution in [-0.4, -0.2) is 25.3 Å². The predicted octanol–water partition coefficient (Wildman–Crippen LogP) is 1.59. The Balaban J connectivity index is 1.65. The SMILES string of the molecule is Nc1ccc2c(c1)CCCC2Nc1ccc2nnnn2n1. The minimum Gasteiger partial charge on any atom is -0.399 e. The van der Waals surface area contributed by atoms with Crippen LogP contribution in [0, 0.1) is 0 Å². The van der Waals surface area contributed by atoms with E-state index in [1.54, 1.807) is 0 Å². The van der Waals surface area contributed by atoms with Crippen LogP contribution in [0.3, 0.4) is 0 Å². The van der Waals surface area contributed by atoms with Crippen molar-refractivity contribution in [2.24, 2.45) is 0 Å². The predicted molar refractivity (Wildman–Crippen MR) is 78.7 cm³/mol. The minimum atomic E-state index is 0.246. The topological polar surface area (TPSA) is 94.0 Å². The molecule has 2 aromatic heterocycles. The van der Waals surface area contributed by atoms with Crippen LogP contribution in [0.4, 0.5) is 11.5 Å². The smallest absolute Gasteiger partial charge is 0.200 e. The van der Waals surface area contributed by atoms with Crippen molar-refractivity contribution in [3.63, 3.8) is 0 Å². The standard InChI is InChI=1S/C14H15N7/c15-10-4-5-11-9(8-10)2-1-3-12(11)16-13-6-7-14-17-19-20-21(14)18-13/h4-8,12H,1-3,15H2,(H,16,18). The van der Waals surface area contributed by atoms with Gasteiger partial charge >= 0.3 is 0 Å². The van der Waals surface area contributed by atoms with Gasteiger partial charge in [0.25, 0.3) is 0 Å². The molecule has 21 heavy (non-hydrogen) atoms. The van der Waals surface area contributed by atoms with Crippen molar-refractivity contribution in [3.05, 3.63) is 41.5 Å². The Morgan fingerprint density at radius 2 is 2.19 bits per heavy atom. The van der Waals surface area contributed by atoms with Crippen molar-refractivity contribution < 1.29 is 0 Å². The molecule has 0 radical (unpaired) electrons. The number of nitrogens with one attached hydrogen (secondary N) is 1. The van der Waals surface area contributed by atoms with E-state index in [2.05, 4.69) is 38.1 Å². The molecule has 7 heteroatoms. The quantitative estimate of drug-likeness (QED) is 0.693. The molecule has 0 aliphatic heterocycles. The van der Waals surface area contributed by atoms with E-state index >= 15 is 0 Å². The monoisotopic (exact) mass is 281 g/mol. The first-order valence-electron chi connectivity index (χ1n) is 7.00. The number of hydrogen-bond acceptors (Lipinski definition) is 6. The molecule has 0 saturated heterocycles. The third kappa shape index (κ3) is 2.16. The van der Waals surface area contributed by atoms with Gasteiger partial charge in [0, 0.05) is 5.69 Å². The summed E-state index contributed by atoms with van der Waals surface area (Å²) in [5.74, 6) is 0.768. The van der Waals surface area contributed by atoms with Gasteiger partial charge in [-0.15, -0.1) is 14.8 Å². The maximum atomic E-state index is 5.87. The third-order valence-electron chi connectivity index (χ3n) is 3.87. The Morgan fingerprint density at radius 3 is 3.14 bits per heavy atom. The van der Waals surface area contributed by atoms with Gasteiger partial charge < -0.3 is 11.1 Å². The van der Waals surface area contributed by atoms with Gasteiger partial charge in [-0.25, -0.2) is 0 Å². The average Bonchev–Trinajstić information content (AvgIpc) is 2.95. The zero-order valence-electron chi connectivity index (χ0n) is 11.4. The molecule has 1 aliphatic carbocycles. The van der Waals surface area contributed by atoms with E-state index in [-0.39, 0.29) is 6.04 Å². The molecule has 1 atom stereocenters. The summed E-state index contributed by atoms with van der Waals surface area (Å²) >= 11 is 0. The van der Waals surface area contributed by atoms with Crippen LogP contribution in [0.1, 0.15) is 30.0 Å². The largest absolute Gasteiger partial charge is 0.399 e. The fourth-order valence-electron chi connectivity index (χ4n) is 2.89. The van der Waals surface area contributed by atoms with E-state index in [9.17, 15) is 0 Å². The summed E-state index contributed by atoms with van der Waals surface area (Å²) < 4.78 is 1.43. The maximum Gasteiger partial charge on any atom is 0.200 e. The first-order chi connectivity index (χ1) is 10.3. The lowest BCUT2D eigenvalue weighted by atomic mass is 9.87. The third-order valence-corrected chi connectivity index (χ3v) is 3.87. The van der Waals surface area contributed by atoms with Crippen molar-refractivity contribution in [1.29, 1.82) is 0 Å². The number of aromatic nitrogens is 5. The number of benzene rings is 1. The maximum absolute atomic E-state index is 5.87. The number of nitrogen functional groups attached to an aromatic ring is 1. The molecule has 0 spiro atoms. The Bertz CT molecular complexity index is 795. The van der Waals surface area contributed by atoms with Gasteiger partial charge in [0.2, 0.25) is 0 Å². The van der Waals surface area contributed by atoms with Crippen molar-refractivity contribution in [2.75, 3.05) is 11.1 Å². The van der Waals surface area contributed by atoms with Gasteiger partial charge in [0.15, 0.2) is 5.65 Å². The van der Waals surface area contributed by atoms with E-state index in [0.29, 0.717) is 5.65 Å². The van der Waals surface area contributed by atoms with Gasteiger partial charge in [-0.05, 0) is 65.1 Å². The molecule has 3 N–H and O–H groups in total. The highest BCUT2D eigenvalue weighted by molar-refractivity contribution is 5.50. The second kappa shape index (κ2) is 4.69. The van der Waals surface area contributed by atoms with Crippen LogP contribution >= 0.6 is 0 Å². The molecule has 3 aromatic rings. The van der Waals surface area contributed by atoms with Gasteiger partial charge in [-0.3, -0.25) is 0 Å². The number of rotatable bonds is 2. The molecule has 7 nitrogen and oxygen atoms in total. The number of fused-ring (bicyclic) bond motifs is 2. The zero-order valence-corrected chi connectivity index (χ0v) is 11.4. The van der Waals surface area contributed by atoms with Crippen molar-refractivity contribution in [2.45, 2.75) is 25.3 Å². The normalized spacial score (nSPS) is 17.6. The summed E-state index contributed by atoms with van der Waals surface area (Å²) in [4.78, 5) is 0. The van der Waals surface area contributed by atoms with Crippen LogP contribution in [0.5, 0.6) is 0 Å². The van der Waals surface area contributed by atoms with E-state index in [1.165, 1.54) is 15.8 Å². The van der Waals surface area contributed by atoms with E-state index in [4.69, 9.17) is 5.73 Å². The Labute approximate surface area is 121 Å². The number of anilines is 2. The lowest BCUT2D eigenvalue weighted by molar-refractivity contribution is 0.595. The van der Waals surface area contributed by atoms with E-state index < -0.39 is 0 Å². The van der Waals surface area contributed by atoms with Gasteiger partial charge in [0.1, 0.15) is 5.82 Å². The van der Waals surface area contributed by atoms with Crippen molar-refractivity contribution in [1.82, 2.24) is 25.3 Å². The van der Waals surface area contributed by atoms with Crippen LogP contribution < -0.4 is 11.1 Å². The van der Waals surface area contributed by atoms with Crippen molar-refractivity contribution >= 4 is 17.2 Å². The summed E-state index contributed by atoms with van der Waals surface area (Å²) in [6.45, 7) is 0. The summed E-state index contributed by atoms with van der Waals surface area (Å²) in [5.41, 5.74) is 9.95. The zero-order chi connectivity index (χ0) is 14.2. The number of nitrogens with two attached hydrogens (primary N) is 1. The molecule has 0 bridgehead atoms. The summed E-state index contributed by atoms with van der Waals surface area (Å²) in [6, 6.07) is 10.1. The number of nitrogens with zero attached hydrogens (tertiary/aromatic N) is 5. The van der Waals surface area contributed by atoms with Crippen LogP contribution in [-0.2, 0) is 6.42 Å². The van der Waals surface area contributed by atoms with Gasteiger partial charge in [-0.1, -0.05) is 6.07 Å². The second-order valence-corrected chi connectivity index (χ2v) is 5.29. The fourth-order valence-corrected chi connectivity index (χ4v) is 2.89. The second-order valence-electron chi connectivity index (χ2n) is 5.29. The molecule has 1 aliphatic rings. The Morgan fingerprint density at radius 1 is 1.24 bits per heavy atom. The van der Waals surface area contributed by atoms with E-state index in [0.717, 1.165) is 30.8 Å². The molecular weight excluding hydrogens is 266 g/mol. The molecule has 0 amide bonds.